The standard InChI is InChI=1S/C9H10FNO4/c1-2-4-7(10)8(11(14)15)5-3-6-9(12)13/h3-6H,2H2,1H3,(H,12,13)/b6-3+,7-4+,8-5+. The second-order valence-electron chi connectivity index (χ2n) is 2.47. The van der Waals surface area contributed by atoms with Crippen LogP contribution in [0, 0.1) is 10.1 Å². The Kier molecular flexibility index (Phi) is 5.62. The number of aliphatic carboxylic acids is 1. The summed E-state index contributed by atoms with van der Waals surface area (Å²) in [7, 11) is 0. The largest absolute Gasteiger partial charge is 0.478 e. The van der Waals surface area contributed by atoms with Gasteiger partial charge in [-0.25, -0.2) is 4.79 Å². The van der Waals surface area contributed by atoms with E-state index in [1.807, 2.05) is 0 Å². The van der Waals surface area contributed by atoms with E-state index in [0.717, 1.165) is 18.2 Å². The van der Waals surface area contributed by atoms with Gasteiger partial charge in [-0.15, -0.1) is 0 Å². The van der Waals surface area contributed by atoms with E-state index < -0.39 is 22.4 Å². The van der Waals surface area contributed by atoms with E-state index in [-0.39, 0.29) is 0 Å². The summed E-state index contributed by atoms with van der Waals surface area (Å²) in [6.07, 6.45) is 3.75. The van der Waals surface area contributed by atoms with E-state index in [4.69, 9.17) is 5.11 Å². The average molecular weight is 215 g/mol. The predicted octanol–water partition coefficient (Wildman–Crippen LogP) is 2.05. The maximum atomic E-state index is 13.0. The lowest BCUT2D eigenvalue weighted by Crippen LogP contribution is -1.99. The summed E-state index contributed by atoms with van der Waals surface area (Å²) in [5.74, 6) is -2.23. The Morgan fingerprint density at radius 1 is 1.60 bits per heavy atom. The number of rotatable bonds is 5. The molecule has 0 bridgehead atoms. The SMILES string of the molecule is CC\C=C(F)/C(=C\C=C\C(=O)O)[N+](=O)[O-]. The van der Waals surface area contributed by atoms with Crippen molar-refractivity contribution in [2.75, 3.05) is 0 Å². The molecule has 0 heterocycles. The first-order valence-electron chi connectivity index (χ1n) is 4.10. The molecule has 0 unspecified atom stereocenters. The van der Waals surface area contributed by atoms with E-state index in [0.29, 0.717) is 12.5 Å². The molecule has 15 heavy (non-hydrogen) atoms. The number of carboxylic acid groups (broad SMARTS) is 1. The highest BCUT2D eigenvalue weighted by Crippen LogP contribution is 2.13. The number of nitrogens with zero attached hydrogens (tertiary/aromatic N) is 1. The number of carbonyl (C=O) groups is 1. The highest BCUT2D eigenvalue weighted by atomic mass is 19.1. The van der Waals surface area contributed by atoms with Crippen LogP contribution >= 0.6 is 0 Å². The van der Waals surface area contributed by atoms with Crippen LogP contribution in [0.5, 0.6) is 0 Å². The van der Waals surface area contributed by atoms with Crippen LogP contribution in [-0.4, -0.2) is 16.0 Å². The topological polar surface area (TPSA) is 80.4 Å². The molecular formula is C9H10FNO4. The van der Waals surface area contributed by atoms with E-state index in [1.54, 1.807) is 6.92 Å². The molecule has 0 aromatic rings. The summed E-state index contributed by atoms with van der Waals surface area (Å²) in [4.78, 5) is 19.5. The lowest BCUT2D eigenvalue weighted by atomic mass is 10.3. The maximum Gasteiger partial charge on any atom is 0.328 e. The molecule has 1 N–H and O–H groups in total. The first-order valence-corrected chi connectivity index (χ1v) is 4.10. The predicted molar refractivity (Wildman–Crippen MR) is 51.3 cm³/mol. The van der Waals surface area contributed by atoms with Gasteiger partial charge in [0.25, 0.3) is 0 Å². The zero-order valence-electron chi connectivity index (χ0n) is 8.01. The summed E-state index contributed by atoms with van der Waals surface area (Å²) in [5, 5.41) is 18.6. The lowest BCUT2D eigenvalue weighted by Gasteiger charge is -1.92. The minimum absolute atomic E-state index is 0.319. The van der Waals surface area contributed by atoms with Gasteiger partial charge in [-0.05, 0) is 18.6 Å². The number of carboxylic acids is 1. The third kappa shape index (κ3) is 5.35. The van der Waals surface area contributed by atoms with Gasteiger partial charge in [0.2, 0.25) is 0 Å². The van der Waals surface area contributed by atoms with Crippen molar-refractivity contribution in [3.63, 3.8) is 0 Å². The smallest absolute Gasteiger partial charge is 0.328 e. The van der Waals surface area contributed by atoms with Crippen LogP contribution in [-0.2, 0) is 4.79 Å². The highest BCUT2D eigenvalue weighted by molar-refractivity contribution is 5.80. The lowest BCUT2D eigenvalue weighted by molar-refractivity contribution is -0.422. The number of hydrogen-bond acceptors (Lipinski definition) is 3. The summed E-state index contributed by atoms with van der Waals surface area (Å²) >= 11 is 0. The van der Waals surface area contributed by atoms with Gasteiger partial charge in [0.1, 0.15) is 0 Å². The Balaban J connectivity index is 4.90. The Morgan fingerprint density at radius 3 is 2.60 bits per heavy atom. The molecule has 0 rings (SSSR count). The molecule has 5 nitrogen and oxygen atoms in total. The molecule has 0 saturated carbocycles. The maximum absolute atomic E-state index is 13.0. The Labute approximate surface area is 85.4 Å². The molecule has 0 aromatic carbocycles. The van der Waals surface area contributed by atoms with Gasteiger partial charge in [-0.3, -0.25) is 10.1 Å². The van der Waals surface area contributed by atoms with Gasteiger partial charge >= 0.3 is 11.7 Å². The molecule has 0 aromatic heterocycles. The fourth-order valence-corrected chi connectivity index (χ4v) is 0.733. The van der Waals surface area contributed by atoms with E-state index in [1.165, 1.54) is 0 Å². The highest BCUT2D eigenvalue weighted by Gasteiger charge is 2.15. The van der Waals surface area contributed by atoms with Crippen LogP contribution in [0.15, 0.2) is 35.8 Å². The minimum atomic E-state index is -1.26. The van der Waals surface area contributed by atoms with Gasteiger partial charge < -0.3 is 5.11 Å². The summed E-state index contributed by atoms with van der Waals surface area (Å²) < 4.78 is 13.0. The van der Waals surface area contributed by atoms with Gasteiger partial charge in [-0.1, -0.05) is 6.92 Å². The molecular weight excluding hydrogens is 205 g/mol. The van der Waals surface area contributed by atoms with Crippen molar-refractivity contribution in [3.8, 4) is 0 Å². The molecule has 0 saturated heterocycles. The molecule has 0 atom stereocenters. The Morgan fingerprint density at radius 2 is 2.20 bits per heavy atom. The fraction of sp³-hybridized carbons (Fsp3) is 0.222. The Bertz CT molecular complexity index is 344. The van der Waals surface area contributed by atoms with E-state index in [2.05, 4.69) is 0 Å². The fourth-order valence-electron chi connectivity index (χ4n) is 0.733. The number of nitro groups is 1. The molecule has 0 aliphatic rings. The monoisotopic (exact) mass is 215 g/mol. The third-order valence-corrected chi connectivity index (χ3v) is 1.32. The zero-order chi connectivity index (χ0) is 11.8. The molecule has 0 aliphatic heterocycles. The molecule has 0 fully saturated rings. The quantitative estimate of drug-likeness (QED) is 0.329. The third-order valence-electron chi connectivity index (χ3n) is 1.32. The van der Waals surface area contributed by atoms with Gasteiger partial charge in [0.05, 0.1) is 4.92 Å². The van der Waals surface area contributed by atoms with E-state index in [9.17, 15) is 19.3 Å². The van der Waals surface area contributed by atoms with Gasteiger partial charge in [0.15, 0.2) is 5.83 Å². The zero-order valence-corrected chi connectivity index (χ0v) is 8.01. The van der Waals surface area contributed by atoms with Gasteiger partial charge in [0, 0.05) is 12.2 Å². The van der Waals surface area contributed by atoms with Crippen LogP contribution in [0.1, 0.15) is 13.3 Å². The van der Waals surface area contributed by atoms with Gasteiger partial charge in [-0.2, -0.15) is 4.39 Å². The van der Waals surface area contributed by atoms with Crippen LogP contribution in [0.25, 0.3) is 0 Å². The second-order valence-corrected chi connectivity index (χ2v) is 2.47. The number of allylic oxidation sites excluding steroid dienone is 4. The first kappa shape index (κ1) is 13.0. The van der Waals surface area contributed by atoms with Crippen molar-refractivity contribution < 1.29 is 19.2 Å². The minimum Gasteiger partial charge on any atom is -0.478 e. The van der Waals surface area contributed by atoms with Crippen LogP contribution < -0.4 is 0 Å². The molecule has 0 aliphatic carbocycles. The summed E-state index contributed by atoms with van der Waals surface area (Å²) in [6.45, 7) is 1.63. The Hall–Kier alpha value is -1.98. The van der Waals surface area contributed by atoms with Crippen molar-refractivity contribution in [2.45, 2.75) is 13.3 Å². The van der Waals surface area contributed by atoms with Crippen molar-refractivity contribution >= 4 is 5.97 Å². The summed E-state index contributed by atoms with van der Waals surface area (Å²) in [5.41, 5.74) is -0.755. The van der Waals surface area contributed by atoms with Crippen molar-refractivity contribution in [2.24, 2.45) is 0 Å². The van der Waals surface area contributed by atoms with Crippen molar-refractivity contribution in [1.82, 2.24) is 0 Å². The normalized spacial score (nSPS) is 13.2. The first-order chi connectivity index (χ1) is 6.99. The molecule has 0 radical (unpaired) electrons. The van der Waals surface area contributed by atoms with E-state index >= 15 is 0 Å². The van der Waals surface area contributed by atoms with Crippen LogP contribution in [0.3, 0.4) is 0 Å². The molecule has 82 valence electrons. The van der Waals surface area contributed by atoms with Crippen molar-refractivity contribution in [1.29, 1.82) is 0 Å². The molecule has 6 heteroatoms. The van der Waals surface area contributed by atoms with Crippen LogP contribution in [0.4, 0.5) is 4.39 Å². The number of halogens is 1. The van der Waals surface area contributed by atoms with Crippen molar-refractivity contribution in [3.05, 3.63) is 45.9 Å². The van der Waals surface area contributed by atoms with Crippen LogP contribution in [0.2, 0.25) is 0 Å². The molecule has 0 amide bonds. The summed E-state index contributed by atoms with van der Waals surface area (Å²) in [6, 6.07) is 0. The molecule has 0 spiro atoms. The number of hydrogen-bond donors (Lipinski definition) is 1. The average Bonchev–Trinajstić information content (AvgIpc) is 2.11. The second kappa shape index (κ2) is 6.47.